The van der Waals surface area contributed by atoms with Crippen LogP contribution >= 0.6 is 0 Å². The average Bonchev–Trinajstić information content (AvgIpc) is 3.09. The van der Waals surface area contributed by atoms with Gasteiger partial charge in [0.25, 0.3) is 0 Å². The molecule has 1 aliphatic rings. The number of sulfone groups is 1. The lowest BCUT2D eigenvalue weighted by atomic mass is 9.95. The molecule has 25 heavy (non-hydrogen) atoms. The molecular formula is C18H19F2NO3S. The molecule has 7 heteroatoms. The fourth-order valence-corrected chi connectivity index (χ4v) is 3.69. The summed E-state index contributed by atoms with van der Waals surface area (Å²) in [6.07, 6.45) is 0.942. The number of halogens is 2. The lowest BCUT2D eigenvalue weighted by molar-refractivity contribution is 0.0933. The van der Waals surface area contributed by atoms with Crippen LogP contribution in [-0.2, 0) is 14.6 Å². The zero-order valence-electron chi connectivity index (χ0n) is 13.4. The number of ether oxygens (including phenoxy) is 1. The summed E-state index contributed by atoms with van der Waals surface area (Å²) >= 11 is 0. The van der Waals surface area contributed by atoms with E-state index in [2.05, 4.69) is 5.32 Å². The maximum absolute atomic E-state index is 12.5. The zero-order chi connectivity index (χ0) is 17.9. The van der Waals surface area contributed by atoms with E-state index in [0.29, 0.717) is 18.8 Å². The molecule has 0 aromatic heterocycles. The molecule has 1 heterocycles. The summed E-state index contributed by atoms with van der Waals surface area (Å²) in [7, 11) is -4.55. The third-order valence-corrected chi connectivity index (χ3v) is 5.73. The summed E-state index contributed by atoms with van der Waals surface area (Å²) in [4.78, 5) is -0.376. The Labute approximate surface area is 145 Å². The van der Waals surface area contributed by atoms with E-state index in [0.717, 1.165) is 12.0 Å². The van der Waals surface area contributed by atoms with E-state index in [-0.39, 0.29) is 16.9 Å². The Balaban J connectivity index is 1.64. The van der Waals surface area contributed by atoms with Gasteiger partial charge in [-0.25, -0.2) is 8.42 Å². The van der Waals surface area contributed by atoms with Crippen LogP contribution < -0.4 is 5.32 Å². The molecule has 2 aromatic rings. The Hall–Kier alpha value is -1.99. The first-order valence-corrected chi connectivity index (χ1v) is 9.55. The highest BCUT2D eigenvalue weighted by atomic mass is 32.2. The molecule has 3 rings (SSSR count). The Morgan fingerprint density at radius 3 is 2.40 bits per heavy atom. The average molecular weight is 367 g/mol. The molecule has 0 radical (unpaired) electrons. The van der Waals surface area contributed by atoms with Crippen LogP contribution in [-0.4, -0.2) is 27.3 Å². The maximum Gasteiger partial charge on any atom is 0.341 e. The van der Waals surface area contributed by atoms with E-state index < -0.39 is 15.6 Å². The summed E-state index contributed by atoms with van der Waals surface area (Å²) in [5.74, 6) is -3.12. The van der Waals surface area contributed by atoms with E-state index in [9.17, 15) is 17.2 Å². The molecule has 0 saturated carbocycles. The van der Waals surface area contributed by atoms with E-state index in [4.69, 9.17) is 4.74 Å². The van der Waals surface area contributed by atoms with Crippen LogP contribution in [0, 0.1) is 5.92 Å². The largest absolute Gasteiger partial charge is 0.385 e. The SMILES string of the molecule is O=S(=O)(c1ccc(NCC2CCOC2c2ccccc2)cc1)C(F)F. The van der Waals surface area contributed by atoms with Crippen molar-refractivity contribution in [1.82, 2.24) is 0 Å². The van der Waals surface area contributed by atoms with Crippen molar-refractivity contribution >= 4 is 15.5 Å². The number of benzene rings is 2. The molecule has 0 amide bonds. The van der Waals surface area contributed by atoms with Crippen molar-refractivity contribution in [2.45, 2.75) is 23.2 Å². The highest BCUT2D eigenvalue weighted by molar-refractivity contribution is 7.91. The van der Waals surface area contributed by atoms with Gasteiger partial charge in [0.05, 0.1) is 11.0 Å². The van der Waals surface area contributed by atoms with Crippen LogP contribution in [0.4, 0.5) is 14.5 Å². The van der Waals surface area contributed by atoms with Gasteiger partial charge in [0, 0.05) is 24.8 Å². The number of hydrogen-bond donors (Lipinski definition) is 1. The van der Waals surface area contributed by atoms with Crippen LogP contribution in [0.3, 0.4) is 0 Å². The van der Waals surface area contributed by atoms with Crippen molar-refractivity contribution in [1.29, 1.82) is 0 Å². The van der Waals surface area contributed by atoms with Gasteiger partial charge in [-0.15, -0.1) is 0 Å². The maximum atomic E-state index is 12.5. The van der Waals surface area contributed by atoms with Crippen LogP contribution in [0.15, 0.2) is 59.5 Å². The second-order valence-electron chi connectivity index (χ2n) is 5.96. The number of alkyl halides is 2. The van der Waals surface area contributed by atoms with Crippen molar-refractivity contribution < 1.29 is 21.9 Å². The van der Waals surface area contributed by atoms with Crippen LogP contribution in [0.25, 0.3) is 0 Å². The van der Waals surface area contributed by atoms with Crippen LogP contribution in [0.1, 0.15) is 18.1 Å². The summed E-state index contributed by atoms with van der Waals surface area (Å²) in [6, 6.07) is 15.4. The molecule has 0 bridgehead atoms. The predicted molar refractivity (Wildman–Crippen MR) is 91.4 cm³/mol. The number of anilines is 1. The second kappa shape index (κ2) is 7.49. The van der Waals surface area contributed by atoms with Crippen LogP contribution in [0.5, 0.6) is 0 Å². The van der Waals surface area contributed by atoms with Crippen molar-refractivity contribution in [2.24, 2.45) is 5.92 Å². The lowest BCUT2D eigenvalue weighted by Gasteiger charge is -2.20. The normalized spacial score (nSPS) is 20.8. The Kier molecular flexibility index (Phi) is 5.34. The molecule has 0 aliphatic carbocycles. The molecular weight excluding hydrogens is 348 g/mol. The fourth-order valence-electron chi connectivity index (χ4n) is 2.97. The van der Waals surface area contributed by atoms with Gasteiger partial charge in [-0.3, -0.25) is 0 Å². The molecule has 2 aromatic carbocycles. The van der Waals surface area contributed by atoms with Gasteiger partial charge < -0.3 is 10.1 Å². The van der Waals surface area contributed by atoms with E-state index >= 15 is 0 Å². The molecule has 134 valence electrons. The zero-order valence-corrected chi connectivity index (χ0v) is 14.3. The number of nitrogens with one attached hydrogen (secondary N) is 1. The molecule has 2 unspecified atom stereocenters. The monoisotopic (exact) mass is 367 g/mol. The molecule has 0 spiro atoms. The van der Waals surface area contributed by atoms with E-state index in [1.54, 1.807) is 0 Å². The Bertz CT molecular complexity index is 795. The fraction of sp³-hybridized carbons (Fsp3) is 0.333. The molecule has 2 atom stereocenters. The standard InChI is InChI=1S/C18H19F2NO3S/c19-18(20)25(22,23)16-8-6-15(7-9-16)21-12-14-10-11-24-17(14)13-4-2-1-3-5-13/h1-9,14,17-18,21H,10-12H2. The lowest BCUT2D eigenvalue weighted by Crippen LogP contribution is -2.18. The Morgan fingerprint density at radius 1 is 1.08 bits per heavy atom. The highest BCUT2D eigenvalue weighted by Crippen LogP contribution is 2.34. The second-order valence-corrected chi connectivity index (χ2v) is 7.88. The van der Waals surface area contributed by atoms with Crippen molar-refractivity contribution in [2.75, 3.05) is 18.5 Å². The van der Waals surface area contributed by atoms with Gasteiger partial charge in [0.2, 0.25) is 9.84 Å². The summed E-state index contributed by atoms with van der Waals surface area (Å²) in [5, 5.41) is 3.23. The molecule has 1 aliphatic heterocycles. The van der Waals surface area contributed by atoms with Gasteiger partial charge in [-0.05, 0) is 36.2 Å². The first-order valence-electron chi connectivity index (χ1n) is 8.01. The summed E-state index contributed by atoms with van der Waals surface area (Å²) in [5.41, 5.74) is 1.82. The molecule has 1 fully saturated rings. The van der Waals surface area contributed by atoms with Crippen molar-refractivity contribution in [3.8, 4) is 0 Å². The summed E-state index contributed by atoms with van der Waals surface area (Å²) in [6.45, 7) is 1.35. The smallest absolute Gasteiger partial charge is 0.341 e. The van der Waals surface area contributed by atoms with Gasteiger partial charge in [0.1, 0.15) is 0 Å². The minimum Gasteiger partial charge on any atom is -0.385 e. The van der Waals surface area contributed by atoms with E-state index in [1.165, 1.54) is 24.3 Å². The molecule has 1 saturated heterocycles. The van der Waals surface area contributed by atoms with Gasteiger partial charge in [0.15, 0.2) is 0 Å². The Morgan fingerprint density at radius 2 is 1.76 bits per heavy atom. The van der Waals surface area contributed by atoms with E-state index in [1.807, 2.05) is 30.3 Å². The minimum atomic E-state index is -4.55. The van der Waals surface area contributed by atoms with Crippen LogP contribution in [0.2, 0.25) is 0 Å². The number of rotatable bonds is 6. The molecule has 4 nitrogen and oxygen atoms in total. The van der Waals surface area contributed by atoms with Gasteiger partial charge in [-0.2, -0.15) is 8.78 Å². The minimum absolute atomic E-state index is 0.0205. The highest BCUT2D eigenvalue weighted by Gasteiger charge is 2.29. The molecule has 1 N–H and O–H groups in total. The van der Waals surface area contributed by atoms with Crippen molar-refractivity contribution in [3.05, 3.63) is 60.2 Å². The predicted octanol–water partition coefficient (Wildman–Crippen LogP) is 3.87. The third-order valence-electron chi connectivity index (χ3n) is 4.33. The summed E-state index contributed by atoms with van der Waals surface area (Å²) < 4.78 is 53.8. The quantitative estimate of drug-likeness (QED) is 0.842. The van der Waals surface area contributed by atoms with Gasteiger partial charge >= 0.3 is 5.76 Å². The van der Waals surface area contributed by atoms with Gasteiger partial charge in [-0.1, -0.05) is 30.3 Å². The number of hydrogen-bond acceptors (Lipinski definition) is 4. The topological polar surface area (TPSA) is 55.4 Å². The first-order chi connectivity index (χ1) is 12.0. The first kappa shape index (κ1) is 17.8. The third kappa shape index (κ3) is 3.99. The van der Waals surface area contributed by atoms with Crippen molar-refractivity contribution in [3.63, 3.8) is 0 Å².